The number of benzene rings is 2. The fraction of sp³-hybridized carbons (Fsp3) is 0.480. The lowest BCUT2D eigenvalue weighted by molar-refractivity contribution is -0.149. The molecule has 2 rings (SSSR count). The minimum absolute atomic E-state index is 0.0166. The lowest BCUT2D eigenvalue weighted by Gasteiger charge is -2.26. The average molecular weight is 478 g/mol. The van der Waals surface area contributed by atoms with Crippen molar-refractivity contribution in [2.75, 3.05) is 33.4 Å². The predicted molar refractivity (Wildman–Crippen MR) is 132 cm³/mol. The lowest BCUT2D eigenvalue weighted by Crippen LogP contribution is -2.35. The third-order valence-corrected chi connectivity index (χ3v) is 5.88. The van der Waals surface area contributed by atoms with Crippen LogP contribution in [0, 0.1) is 17.7 Å². The van der Waals surface area contributed by atoms with Gasteiger partial charge in [-0.05, 0) is 68.4 Å². The number of rotatable bonds is 13. The summed E-state index contributed by atoms with van der Waals surface area (Å²) in [7, 11) is 1.86. The highest BCUT2D eigenvalue weighted by Crippen LogP contribution is 2.28. The third kappa shape index (κ3) is 9.09. The van der Waals surface area contributed by atoms with Gasteiger partial charge >= 0.3 is 5.97 Å². The summed E-state index contributed by atoms with van der Waals surface area (Å²) in [5, 5.41) is 19.7. The van der Waals surface area contributed by atoms with Gasteiger partial charge < -0.3 is 19.8 Å². The van der Waals surface area contributed by atoms with Crippen molar-refractivity contribution in [2.24, 2.45) is 11.8 Å². The molecule has 33 heavy (non-hydrogen) atoms. The normalized spacial score (nSPS) is 13.1. The summed E-state index contributed by atoms with van der Waals surface area (Å²) in [6.45, 7) is 4.29. The van der Waals surface area contributed by atoms with Gasteiger partial charge in [-0.1, -0.05) is 42.7 Å². The molecule has 0 aliphatic carbocycles. The van der Waals surface area contributed by atoms with Gasteiger partial charge in [0.15, 0.2) is 0 Å². The number of likely N-dealkylation sites (N-methyl/N-ethyl adjacent to an activating group) is 1. The summed E-state index contributed by atoms with van der Waals surface area (Å²) in [6, 6.07) is 12.1. The fourth-order valence-electron chi connectivity index (χ4n) is 4.16. The maximum Gasteiger partial charge on any atom is 0.310 e. The number of esters is 1. The summed E-state index contributed by atoms with van der Waals surface area (Å²) in [4.78, 5) is 14.5. The number of aliphatic hydroxyl groups excluding tert-OH is 1. The molecule has 8 heteroatoms. The molecule has 2 N–H and O–H groups in total. The Labute approximate surface area is 201 Å². The number of ether oxygens (including phenoxy) is 1. The summed E-state index contributed by atoms with van der Waals surface area (Å²) in [5.41, 5.74) is 2.22. The summed E-state index contributed by atoms with van der Waals surface area (Å²) < 4.78 is 19.5. The second-order valence-electron chi connectivity index (χ2n) is 8.65. The van der Waals surface area contributed by atoms with E-state index < -0.39 is 6.92 Å². The first-order chi connectivity index (χ1) is 15.7. The van der Waals surface area contributed by atoms with Gasteiger partial charge in [-0.15, -0.1) is 0 Å². The van der Waals surface area contributed by atoms with Gasteiger partial charge in [-0.25, -0.2) is 4.39 Å². The second-order valence-corrected chi connectivity index (χ2v) is 9.08. The highest BCUT2D eigenvalue weighted by atomic mass is 35.5. The smallest absolute Gasteiger partial charge is 0.310 e. The molecular weight excluding hydrogens is 444 g/mol. The lowest BCUT2D eigenvalue weighted by atomic mass is 9.62. The van der Waals surface area contributed by atoms with Crippen molar-refractivity contribution in [1.29, 1.82) is 0 Å². The Kier molecular flexibility index (Phi) is 11.3. The van der Waals surface area contributed by atoms with Crippen molar-refractivity contribution in [2.45, 2.75) is 32.9 Å². The standard InChI is InChI=1S/C25H34BClFNO4/c1-4-33-25(31)21(17-29(3)11-12-30)14-19(16-26(2)32)13-18-5-7-20(8-6-18)23-15-22(27)9-10-24(23)28/h5-10,15,19,21,30,32H,4,11-14,16-17H2,1-3H3/t19-,21+/m1/s1. The van der Waals surface area contributed by atoms with Crippen LogP contribution in [0.4, 0.5) is 4.39 Å². The van der Waals surface area contributed by atoms with E-state index in [0.29, 0.717) is 49.4 Å². The first-order valence-corrected chi connectivity index (χ1v) is 11.8. The van der Waals surface area contributed by atoms with Crippen LogP contribution in [0.1, 0.15) is 18.9 Å². The van der Waals surface area contributed by atoms with E-state index in [2.05, 4.69) is 0 Å². The van der Waals surface area contributed by atoms with Crippen molar-refractivity contribution in [3.05, 3.63) is 58.9 Å². The number of hydrogen-bond acceptors (Lipinski definition) is 5. The Morgan fingerprint density at radius 1 is 1.24 bits per heavy atom. The molecule has 0 aromatic heterocycles. The van der Waals surface area contributed by atoms with Gasteiger partial charge in [0.25, 0.3) is 6.92 Å². The Hall–Kier alpha value is -1.93. The molecule has 0 heterocycles. The molecule has 2 aromatic carbocycles. The van der Waals surface area contributed by atoms with Crippen LogP contribution >= 0.6 is 11.6 Å². The molecule has 2 atom stereocenters. The van der Waals surface area contributed by atoms with E-state index in [4.69, 9.17) is 16.3 Å². The van der Waals surface area contributed by atoms with E-state index in [-0.39, 0.29) is 30.2 Å². The van der Waals surface area contributed by atoms with Gasteiger partial charge in [0.05, 0.1) is 19.1 Å². The Bertz CT molecular complexity index is 881. The summed E-state index contributed by atoms with van der Waals surface area (Å²) in [6.07, 6.45) is 1.78. The van der Waals surface area contributed by atoms with Gasteiger partial charge in [-0.3, -0.25) is 4.79 Å². The van der Waals surface area contributed by atoms with Crippen LogP contribution in [-0.4, -0.2) is 61.3 Å². The van der Waals surface area contributed by atoms with E-state index in [1.54, 1.807) is 19.8 Å². The van der Waals surface area contributed by atoms with Crippen LogP contribution in [0.2, 0.25) is 18.2 Å². The molecule has 0 radical (unpaired) electrons. The molecule has 180 valence electrons. The Morgan fingerprint density at radius 3 is 2.55 bits per heavy atom. The van der Waals surface area contributed by atoms with E-state index in [1.807, 2.05) is 36.2 Å². The Morgan fingerprint density at radius 2 is 1.94 bits per heavy atom. The zero-order valence-electron chi connectivity index (χ0n) is 19.6. The number of carbonyl (C=O) groups excluding carboxylic acids is 1. The van der Waals surface area contributed by atoms with Crippen molar-refractivity contribution < 1.29 is 24.1 Å². The highest BCUT2D eigenvalue weighted by molar-refractivity contribution is 6.48. The van der Waals surface area contributed by atoms with E-state index in [0.717, 1.165) is 11.1 Å². The third-order valence-electron chi connectivity index (χ3n) is 5.64. The van der Waals surface area contributed by atoms with Crippen LogP contribution < -0.4 is 0 Å². The van der Waals surface area contributed by atoms with Crippen molar-refractivity contribution in [3.8, 4) is 11.1 Å². The number of hydrogen-bond donors (Lipinski definition) is 2. The first-order valence-electron chi connectivity index (χ1n) is 11.4. The fourth-order valence-corrected chi connectivity index (χ4v) is 4.34. The summed E-state index contributed by atoms with van der Waals surface area (Å²) >= 11 is 6.02. The molecule has 0 bridgehead atoms. The SMILES string of the molecule is CCOC(=O)[C@@H](C[C@H](CB(C)O)Cc1ccc(-c2cc(Cl)ccc2F)cc1)CN(C)CCO. The Balaban J connectivity index is 2.17. The molecular formula is C25H34BClFNO4. The van der Waals surface area contributed by atoms with Crippen LogP contribution in [0.5, 0.6) is 0 Å². The molecule has 0 saturated heterocycles. The van der Waals surface area contributed by atoms with Crippen LogP contribution in [0.25, 0.3) is 11.1 Å². The molecule has 0 aliphatic heterocycles. The average Bonchev–Trinajstić information content (AvgIpc) is 2.75. The molecule has 5 nitrogen and oxygen atoms in total. The number of carbonyl (C=O) groups is 1. The van der Waals surface area contributed by atoms with E-state index in [9.17, 15) is 19.3 Å². The maximum absolute atomic E-state index is 14.2. The molecule has 0 aliphatic rings. The zero-order chi connectivity index (χ0) is 24.4. The van der Waals surface area contributed by atoms with Gasteiger partial charge in [0.1, 0.15) is 5.82 Å². The zero-order valence-corrected chi connectivity index (χ0v) is 20.4. The first kappa shape index (κ1) is 27.3. The molecule has 0 spiro atoms. The van der Waals surface area contributed by atoms with Gasteiger partial charge in [0.2, 0.25) is 0 Å². The highest BCUT2D eigenvalue weighted by Gasteiger charge is 2.27. The molecule has 0 fully saturated rings. The quantitative estimate of drug-likeness (QED) is 0.330. The van der Waals surface area contributed by atoms with Crippen LogP contribution in [-0.2, 0) is 16.0 Å². The van der Waals surface area contributed by atoms with Gasteiger partial charge in [0, 0.05) is 23.7 Å². The number of halogens is 2. The number of aliphatic hydroxyl groups is 1. The molecule has 0 unspecified atom stereocenters. The molecule has 0 amide bonds. The van der Waals surface area contributed by atoms with Crippen LogP contribution in [0.3, 0.4) is 0 Å². The second kappa shape index (κ2) is 13.7. The molecule has 0 saturated carbocycles. The minimum atomic E-state index is -0.507. The molecule has 2 aromatic rings. The number of nitrogens with zero attached hydrogens (tertiary/aromatic N) is 1. The van der Waals surface area contributed by atoms with E-state index in [1.165, 1.54) is 12.1 Å². The van der Waals surface area contributed by atoms with E-state index >= 15 is 0 Å². The summed E-state index contributed by atoms with van der Waals surface area (Å²) in [5.74, 6) is -0.895. The van der Waals surface area contributed by atoms with Crippen molar-refractivity contribution in [1.82, 2.24) is 4.90 Å². The largest absolute Gasteiger partial charge is 0.466 e. The topological polar surface area (TPSA) is 70.0 Å². The van der Waals surface area contributed by atoms with Crippen LogP contribution in [0.15, 0.2) is 42.5 Å². The monoisotopic (exact) mass is 477 g/mol. The van der Waals surface area contributed by atoms with Crippen molar-refractivity contribution >= 4 is 24.5 Å². The minimum Gasteiger partial charge on any atom is -0.466 e. The van der Waals surface area contributed by atoms with Gasteiger partial charge in [-0.2, -0.15) is 0 Å². The predicted octanol–water partition coefficient (Wildman–Crippen LogP) is 4.41. The van der Waals surface area contributed by atoms with Crippen molar-refractivity contribution in [3.63, 3.8) is 0 Å². The maximum atomic E-state index is 14.2.